The van der Waals surface area contributed by atoms with E-state index >= 15 is 0 Å². The molecule has 23 heavy (non-hydrogen) atoms. The molecule has 4 nitrogen and oxygen atoms in total. The summed E-state index contributed by atoms with van der Waals surface area (Å²) in [5.74, 6) is -0.117. The van der Waals surface area contributed by atoms with E-state index in [1.165, 1.54) is 41.2 Å². The second-order valence-electron chi connectivity index (χ2n) is 4.74. The van der Waals surface area contributed by atoms with Gasteiger partial charge in [0.2, 0.25) is 0 Å². The van der Waals surface area contributed by atoms with Crippen LogP contribution in [0.4, 0.5) is 13.2 Å². The fourth-order valence-corrected chi connectivity index (χ4v) is 2.30. The fourth-order valence-electron chi connectivity index (χ4n) is 2.13. The molecular weight excluding hydrogens is 331 g/mol. The zero-order chi connectivity index (χ0) is 16.6. The number of phenolic OH excluding ortho intramolecular Hbond substituents is 1. The van der Waals surface area contributed by atoms with Gasteiger partial charge < -0.3 is 5.11 Å². The summed E-state index contributed by atoms with van der Waals surface area (Å²) >= 11 is 5.90. The summed E-state index contributed by atoms with van der Waals surface area (Å²) in [6.45, 7) is 0. The largest absolute Gasteiger partial charge is 0.506 e. The summed E-state index contributed by atoms with van der Waals surface area (Å²) in [4.78, 5) is 0. The Morgan fingerprint density at radius 1 is 1.09 bits per heavy atom. The first-order valence-electron chi connectivity index (χ1n) is 6.43. The summed E-state index contributed by atoms with van der Waals surface area (Å²) in [6, 6.07) is 9.09. The lowest BCUT2D eigenvalue weighted by atomic mass is 10.1. The monoisotopic (exact) mass is 339 g/mol. The molecule has 1 heterocycles. The highest BCUT2D eigenvalue weighted by molar-refractivity contribution is 6.30. The Bertz CT molecular complexity index is 861. The lowest BCUT2D eigenvalue weighted by molar-refractivity contribution is -0.137. The van der Waals surface area contributed by atoms with Gasteiger partial charge in [0, 0.05) is 10.6 Å². The Hall–Kier alpha value is -2.54. The third-order valence-corrected chi connectivity index (χ3v) is 3.44. The molecule has 0 fully saturated rings. The van der Waals surface area contributed by atoms with Gasteiger partial charge in [-0.2, -0.15) is 13.2 Å². The molecule has 3 aromatic rings. The third kappa shape index (κ3) is 3.00. The fraction of sp³-hybridized carbons (Fsp3) is 0.0667. The van der Waals surface area contributed by atoms with Gasteiger partial charge in [-0.3, -0.25) is 0 Å². The average Bonchev–Trinajstić information content (AvgIpc) is 2.98. The topological polar surface area (TPSA) is 50.9 Å². The maximum absolute atomic E-state index is 12.9. The minimum atomic E-state index is -4.45. The van der Waals surface area contributed by atoms with E-state index in [1.54, 1.807) is 0 Å². The third-order valence-electron chi connectivity index (χ3n) is 3.20. The van der Waals surface area contributed by atoms with E-state index in [0.29, 0.717) is 10.7 Å². The van der Waals surface area contributed by atoms with Gasteiger partial charge in [-0.05, 0) is 30.3 Å². The van der Waals surface area contributed by atoms with E-state index < -0.39 is 11.7 Å². The summed E-state index contributed by atoms with van der Waals surface area (Å²) in [6.07, 6.45) is -3.14. The van der Waals surface area contributed by atoms with Crippen molar-refractivity contribution in [1.29, 1.82) is 0 Å². The molecule has 0 unspecified atom stereocenters. The van der Waals surface area contributed by atoms with Gasteiger partial charge in [0.1, 0.15) is 11.4 Å². The normalized spacial score (nSPS) is 11.7. The van der Waals surface area contributed by atoms with Gasteiger partial charge in [0.25, 0.3) is 0 Å². The Morgan fingerprint density at radius 2 is 1.87 bits per heavy atom. The minimum absolute atomic E-state index is 0.117. The van der Waals surface area contributed by atoms with Crippen LogP contribution >= 0.6 is 11.6 Å². The molecule has 1 N–H and O–H groups in total. The van der Waals surface area contributed by atoms with Crippen molar-refractivity contribution in [3.63, 3.8) is 0 Å². The molecule has 8 heteroatoms. The van der Waals surface area contributed by atoms with Crippen molar-refractivity contribution < 1.29 is 18.3 Å². The Balaban J connectivity index is 2.14. The van der Waals surface area contributed by atoms with Gasteiger partial charge in [0.15, 0.2) is 0 Å². The number of benzene rings is 2. The molecule has 0 radical (unpaired) electrons. The Morgan fingerprint density at radius 3 is 2.61 bits per heavy atom. The molecule has 0 amide bonds. The summed E-state index contributed by atoms with van der Waals surface area (Å²) < 4.78 is 39.8. The molecule has 3 rings (SSSR count). The lowest BCUT2D eigenvalue weighted by Gasteiger charge is -2.11. The van der Waals surface area contributed by atoms with Crippen LogP contribution in [0.5, 0.6) is 5.75 Å². The number of hydrogen-bond donors (Lipinski definition) is 1. The highest BCUT2D eigenvalue weighted by Crippen LogP contribution is 2.33. The van der Waals surface area contributed by atoms with Gasteiger partial charge in [-0.25, -0.2) is 4.68 Å². The quantitative estimate of drug-likeness (QED) is 0.756. The van der Waals surface area contributed by atoms with Crippen molar-refractivity contribution in [3.8, 4) is 22.7 Å². The lowest BCUT2D eigenvalue weighted by Crippen LogP contribution is -2.05. The molecule has 0 aliphatic heterocycles. The molecule has 0 aliphatic carbocycles. The number of hydrogen-bond acceptors (Lipinski definition) is 3. The number of aromatic nitrogens is 3. The molecule has 0 saturated carbocycles. The molecule has 1 aromatic heterocycles. The standard InChI is InChI=1S/C15H9ClF3N3O/c16-11-4-5-14(23)12(7-11)22-13(8-20-21-22)9-2-1-3-10(6-9)15(17,18)19/h1-8,23H. The van der Waals surface area contributed by atoms with Gasteiger partial charge in [0.05, 0.1) is 17.5 Å². The highest BCUT2D eigenvalue weighted by atomic mass is 35.5. The van der Waals surface area contributed by atoms with E-state index in [1.807, 2.05) is 0 Å². The summed E-state index contributed by atoms with van der Waals surface area (Å²) in [7, 11) is 0. The first kappa shape index (κ1) is 15.4. The predicted molar refractivity (Wildman–Crippen MR) is 78.5 cm³/mol. The van der Waals surface area contributed by atoms with Crippen molar-refractivity contribution >= 4 is 11.6 Å². The number of halogens is 4. The maximum atomic E-state index is 12.9. The van der Waals surface area contributed by atoms with Crippen molar-refractivity contribution in [2.24, 2.45) is 0 Å². The minimum Gasteiger partial charge on any atom is -0.506 e. The highest BCUT2D eigenvalue weighted by Gasteiger charge is 2.30. The Kier molecular flexibility index (Phi) is 3.73. The molecule has 0 saturated heterocycles. The molecule has 0 aliphatic rings. The second kappa shape index (κ2) is 5.58. The van der Waals surface area contributed by atoms with E-state index in [2.05, 4.69) is 10.3 Å². The van der Waals surface area contributed by atoms with Crippen LogP contribution in [0.1, 0.15) is 5.56 Å². The number of alkyl halides is 3. The summed E-state index contributed by atoms with van der Waals surface area (Å²) in [5.41, 5.74) is 0.0124. The van der Waals surface area contributed by atoms with E-state index in [9.17, 15) is 18.3 Å². The molecule has 0 bridgehead atoms. The SMILES string of the molecule is Oc1ccc(Cl)cc1-n1nncc1-c1cccc(C(F)(F)F)c1. The molecule has 0 atom stereocenters. The number of phenols is 1. The zero-order valence-electron chi connectivity index (χ0n) is 11.4. The zero-order valence-corrected chi connectivity index (χ0v) is 12.2. The van der Waals surface area contributed by atoms with Crippen LogP contribution in [0.25, 0.3) is 16.9 Å². The summed E-state index contributed by atoms with van der Waals surface area (Å²) in [5, 5.41) is 17.8. The van der Waals surface area contributed by atoms with Gasteiger partial charge in [-0.15, -0.1) is 5.10 Å². The average molecular weight is 340 g/mol. The first-order chi connectivity index (χ1) is 10.9. The van der Waals surface area contributed by atoms with Crippen LogP contribution in [-0.4, -0.2) is 20.1 Å². The van der Waals surface area contributed by atoms with Crippen molar-refractivity contribution in [1.82, 2.24) is 15.0 Å². The smallest absolute Gasteiger partial charge is 0.416 e. The second-order valence-corrected chi connectivity index (χ2v) is 5.18. The van der Waals surface area contributed by atoms with Crippen molar-refractivity contribution in [3.05, 3.63) is 59.2 Å². The maximum Gasteiger partial charge on any atom is 0.416 e. The number of nitrogens with zero attached hydrogens (tertiary/aromatic N) is 3. The van der Waals surface area contributed by atoms with Gasteiger partial charge in [-0.1, -0.05) is 28.9 Å². The first-order valence-corrected chi connectivity index (χ1v) is 6.81. The van der Waals surface area contributed by atoms with Crippen LogP contribution in [0.2, 0.25) is 5.02 Å². The van der Waals surface area contributed by atoms with E-state index in [4.69, 9.17) is 11.6 Å². The predicted octanol–water partition coefficient (Wildman–Crippen LogP) is 4.31. The van der Waals surface area contributed by atoms with Crippen LogP contribution < -0.4 is 0 Å². The van der Waals surface area contributed by atoms with Crippen LogP contribution in [0.15, 0.2) is 48.7 Å². The van der Waals surface area contributed by atoms with Crippen LogP contribution in [0.3, 0.4) is 0 Å². The molecule has 0 spiro atoms. The Labute approximate surface area is 133 Å². The molecule has 2 aromatic carbocycles. The molecule has 118 valence electrons. The number of aromatic hydroxyl groups is 1. The molecular formula is C15H9ClF3N3O. The number of rotatable bonds is 2. The van der Waals surface area contributed by atoms with E-state index in [-0.39, 0.29) is 17.0 Å². The van der Waals surface area contributed by atoms with Crippen LogP contribution in [0, 0.1) is 0 Å². The van der Waals surface area contributed by atoms with Crippen molar-refractivity contribution in [2.75, 3.05) is 0 Å². The van der Waals surface area contributed by atoms with Gasteiger partial charge >= 0.3 is 6.18 Å². The van der Waals surface area contributed by atoms with E-state index in [0.717, 1.165) is 12.1 Å². The van der Waals surface area contributed by atoms with Crippen LogP contribution in [-0.2, 0) is 6.18 Å². The van der Waals surface area contributed by atoms with Crippen molar-refractivity contribution in [2.45, 2.75) is 6.18 Å².